The number of carbonyl (C=O) groups is 3. The van der Waals surface area contributed by atoms with Crippen LogP contribution in [0.4, 0.5) is 5.69 Å². The molecule has 1 amide bonds. The minimum atomic E-state index is -1.01. The van der Waals surface area contributed by atoms with Crippen LogP contribution >= 0.6 is 0 Å². The lowest BCUT2D eigenvalue weighted by molar-refractivity contribution is -0.147. The van der Waals surface area contributed by atoms with Crippen LogP contribution in [0, 0.1) is 11.8 Å². The summed E-state index contributed by atoms with van der Waals surface area (Å²) in [6, 6.07) is 6.32. The van der Waals surface area contributed by atoms with E-state index in [0.29, 0.717) is 24.1 Å². The van der Waals surface area contributed by atoms with Crippen molar-refractivity contribution in [3.05, 3.63) is 29.8 Å². The van der Waals surface area contributed by atoms with Crippen molar-refractivity contribution in [3.8, 4) is 0 Å². The standard InChI is InChI=1S/C16H17NO6/c1-22-16(21)8-3-2-4-9(7-8)17-14(18)12-10-5-6-11(23-10)13(12)15(19)20/h2-4,7,10-13H,5-6H2,1H3,(H,17,18)(H,19,20)/t10-,11-,12+,13+/m1/s1. The van der Waals surface area contributed by atoms with Crippen LogP contribution in [0.5, 0.6) is 0 Å². The van der Waals surface area contributed by atoms with Crippen LogP contribution in [-0.4, -0.2) is 42.3 Å². The number of ether oxygens (including phenoxy) is 2. The van der Waals surface area contributed by atoms with Gasteiger partial charge >= 0.3 is 11.9 Å². The fraction of sp³-hybridized carbons (Fsp3) is 0.438. The minimum absolute atomic E-state index is 0.310. The second-order valence-corrected chi connectivity index (χ2v) is 5.74. The van der Waals surface area contributed by atoms with Crippen molar-refractivity contribution in [3.63, 3.8) is 0 Å². The van der Waals surface area contributed by atoms with E-state index in [4.69, 9.17) is 4.74 Å². The Balaban J connectivity index is 1.77. The third-order valence-electron chi connectivity index (χ3n) is 4.41. The van der Waals surface area contributed by atoms with Crippen molar-refractivity contribution in [2.45, 2.75) is 25.0 Å². The molecule has 0 spiro atoms. The van der Waals surface area contributed by atoms with E-state index < -0.39 is 35.8 Å². The molecule has 2 saturated heterocycles. The highest BCUT2D eigenvalue weighted by Gasteiger charge is 2.55. The number of carboxylic acid groups (broad SMARTS) is 1. The maximum absolute atomic E-state index is 12.5. The molecule has 7 heteroatoms. The van der Waals surface area contributed by atoms with Crippen LogP contribution in [-0.2, 0) is 19.1 Å². The first kappa shape index (κ1) is 15.5. The van der Waals surface area contributed by atoms with Crippen LogP contribution in [0.3, 0.4) is 0 Å². The summed E-state index contributed by atoms with van der Waals surface area (Å²) in [6.07, 6.45) is 0.609. The third-order valence-corrected chi connectivity index (χ3v) is 4.41. The first-order chi connectivity index (χ1) is 11.0. The van der Waals surface area contributed by atoms with E-state index in [1.54, 1.807) is 18.2 Å². The van der Waals surface area contributed by atoms with Crippen molar-refractivity contribution in [2.75, 3.05) is 12.4 Å². The van der Waals surface area contributed by atoms with Crippen LogP contribution in [0.25, 0.3) is 0 Å². The molecule has 1 aromatic rings. The van der Waals surface area contributed by atoms with Gasteiger partial charge in [0.05, 0.1) is 36.7 Å². The lowest BCUT2D eigenvalue weighted by atomic mass is 9.78. The summed E-state index contributed by atoms with van der Waals surface area (Å²) >= 11 is 0. The Morgan fingerprint density at radius 1 is 1.22 bits per heavy atom. The predicted octanol–water partition coefficient (Wildman–Crippen LogP) is 1.29. The highest BCUT2D eigenvalue weighted by Crippen LogP contribution is 2.44. The van der Waals surface area contributed by atoms with Crippen LogP contribution in [0.2, 0.25) is 0 Å². The number of nitrogens with one attached hydrogen (secondary N) is 1. The van der Waals surface area contributed by atoms with Crippen molar-refractivity contribution in [1.82, 2.24) is 0 Å². The number of esters is 1. The number of anilines is 1. The van der Waals surface area contributed by atoms with Gasteiger partial charge in [0.2, 0.25) is 5.91 Å². The molecule has 3 rings (SSSR count). The predicted molar refractivity (Wildman–Crippen MR) is 78.9 cm³/mol. The molecule has 1 aromatic carbocycles. The van der Waals surface area contributed by atoms with E-state index in [-0.39, 0.29) is 6.10 Å². The summed E-state index contributed by atoms with van der Waals surface area (Å²) < 4.78 is 10.2. The number of amides is 1. The molecule has 7 nitrogen and oxygen atoms in total. The molecular formula is C16H17NO6. The summed E-state index contributed by atoms with van der Waals surface area (Å²) in [5.41, 5.74) is 0.731. The molecule has 0 aromatic heterocycles. The SMILES string of the molecule is COC(=O)c1cccc(NC(=O)[C@@H]2[C@@H](C(=O)O)[C@H]3CC[C@H]2O3)c1. The first-order valence-corrected chi connectivity index (χ1v) is 7.38. The molecule has 0 unspecified atom stereocenters. The first-order valence-electron chi connectivity index (χ1n) is 7.38. The summed E-state index contributed by atoms with van der Waals surface area (Å²) in [5, 5.41) is 12.0. The summed E-state index contributed by atoms with van der Waals surface area (Å²) in [5.74, 6) is -3.45. The van der Waals surface area contributed by atoms with Crippen molar-refractivity contribution >= 4 is 23.5 Å². The summed E-state index contributed by atoms with van der Waals surface area (Å²) in [4.78, 5) is 35.4. The van der Waals surface area contributed by atoms with Gasteiger partial charge in [-0.05, 0) is 31.0 Å². The summed E-state index contributed by atoms with van der Waals surface area (Å²) in [7, 11) is 1.28. The molecule has 0 radical (unpaired) electrons. The van der Waals surface area contributed by atoms with Crippen molar-refractivity contribution in [2.24, 2.45) is 11.8 Å². The number of hydrogen-bond acceptors (Lipinski definition) is 5. The molecular weight excluding hydrogens is 302 g/mol. The molecule has 2 aliphatic rings. The Morgan fingerprint density at radius 2 is 1.91 bits per heavy atom. The molecule has 122 valence electrons. The topological polar surface area (TPSA) is 102 Å². The number of carbonyl (C=O) groups excluding carboxylic acids is 2. The maximum Gasteiger partial charge on any atom is 0.337 e. The van der Waals surface area contributed by atoms with Gasteiger partial charge in [0.25, 0.3) is 0 Å². The Morgan fingerprint density at radius 3 is 2.57 bits per heavy atom. The molecule has 2 N–H and O–H groups in total. The fourth-order valence-corrected chi connectivity index (χ4v) is 3.39. The van der Waals surface area contributed by atoms with Gasteiger partial charge in [0.15, 0.2) is 0 Å². The lowest BCUT2D eigenvalue weighted by Crippen LogP contribution is -2.40. The Hall–Kier alpha value is -2.41. The van der Waals surface area contributed by atoms with Crippen LogP contribution in [0.15, 0.2) is 24.3 Å². The maximum atomic E-state index is 12.5. The zero-order chi connectivity index (χ0) is 16.6. The van der Waals surface area contributed by atoms with Gasteiger partial charge in [-0.3, -0.25) is 9.59 Å². The molecule has 0 aliphatic carbocycles. The van der Waals surface area contributed by atoms with Gasteiger partial charge in [0.1, 0.15) is 0 Å². The Bertz CT molecular complexity index is 658. The molecule has 4 atom stereocenters. The minimum Gasteiger partial charge on any atom is -0.481 e. The number of methoxy groups -OCH3 is 1. The zero-order valence-corrected chi connectivity index (χ0v) is 12.5. The molecule has 23 heavy (non-hydrogen) atoms. The fourth-order valence-electron chi connectivity index (χ4n) is 3.39. The molecule has 0 saturated carbocycles. The monoisotopic (exact) mass is 319 g/mol. The van der Waals surface area contributed by atoms with E-state index in [0.717, 1.165) is 0 Å². The van der Waals surface area contributed by atoms with E-state index in [2.05, 4.69) is 10.1 Å². The number of aliphatic carboxylic acids is 1. The van der Waals surface area contributed by atoms with Gasteiger partial charge in [0, 0.05) is 5.69 Å². The normalized spacial score (nSPS) is 28.4. The van der Waals surface area contributed by atoms with E-state index in [9.17, 15) is 19.5 Å². The van der Waals surface area contributed by atoms with Crippen molar-refractivity contribution in [1.29, 1.82) is 0 Å². The third kappa shape index (κ3) is 2.79. The van der Waals surface area contributed by atoms with E-state index in [1.807, 2.05) is 0 Å². The number of rotatable bonds is 4. The second-order valence-electron chi connectivity index (χ2n) is 5.74. The number of hydrogen-bond donors (Lipinski definition) is 2. The summed E-state index contributed by atoms with van der Waals surface area (Å²) in [6.45, 7) is 0. The van der Waals surface area contributed by atoms with Gasteiger partial charge in [-0.1, -0.05) is 6.07 Å². The zero-order valence-electron chi connectivity index (χ0n) is 12.5. The molecule has 2 bridgehead atoms. The average molecular weight is 319 g/mol. The quantitative estimate of drug-likeness (QED) is 0.811. The number of carboxylic acids is 1. The van der Waals surface area contributed by atoms with Gasteiger partial charge in [-0.25, -0.2) is 4.79 Å². The van der Waals surface area contributed by atoms with Gasteiger partial charge in [-0.15, -0.1) is 0 Å². The van der Waals surface area contributed by atoms with Crippen LogP contribution < -0.4 is 5.32 Å². The largest absolute Gasteiger partial charge is 0.481 e. The number of benzene rings is 1. The van der Waals surface area contributed by atoms with E-state index in [1.165, 1.54) is 13.2 Å². The smallest absolute Gasteiger partial charge is 0.337 e. The Kier molecular flexibility index (Phi) is 4.04. The highest BCUT2D eigenvalue weighted by molar-refractivity contribution is 5.97. The van der Waals surface area contributed by atoms with E-state index >= 15 is 0 Å². The van der Waals surface area contributed by atoms with Crippen molar-refractivity contribution < 1.29 is 29.0 Å². The molecule has 2 heterocycles. The second kappa shape index (κ2) is 6.00. The average Bonchev–Trinajstić information content (AvgIpc) is 3.15. The lowest BCUT2D eigenvalue weighted by Gasteiger charge is -2.23. The Labute approximate surface area is 132 Å². The molecule has 2 fully saturated rings. The van der Waals surface area contributed by atoms with Gasteiger partial charge in [-0.2, -0.15) is 0 Å². The van der Waals surface area contributed by atoms with Crippen LogP contribution in [0.1, 0.15) is 23.2 Å². The highest BCUT2D eigenvalue weighted by atomic mass is 16.5. The number of fused-ring (bicyclic) bond motifs is 2. The van der Waals surface area contributed by atoms with Gasteiger partial charge < -0.3 is 19.9 Å². The molecule has 2 aliphatic heterocycles.